The normalized spacial score (nSPS) is 18.5. The van der Waals surface area contributed by atoms with Gasteiger partial charge in [0.2, 0.25) is 6.67 Å². The van der Waals surface area contributed by atoms with E-state index in [0.29, 0.717) is 12.1 Å². The van der Waals surface area contributed by atoms with Crippen molar-refractivity contribution in [2.75, 3.05) is 0 Å². The lowest BCUT2D eigenvalue weighted by atomic mass is 10.3. The maximum Gasteiger partial charge on any atom is 0.208 e. The van der Waals surface area contributed by atoms with Crippen molar-refractivity contribution >= 4 is 0 Å². The van der Waals surface area contributed by atoms with Crippen LogP contribution in [0.5, 0.6) is 0 Å². The molecule has 0 aromatic carbocycles. The number of rotatable bonds is 2. The summed E-state index contributed by atoms with van der Waals surface area (Å²) in [7, 11) is 0. The van der Waals surface area contributed by atoms with E-state index in [9.17, 15) is 0 Å². The van der Waals surface area contributed by atoms with E-state index in [1.165, 1.54) is 11.4 Å². The molecule has 1 aliphatic heterocycles. The molecule has 0 aliphatic carbocycles. The molecular formula is C11H20N2. The lowest BCUT2D eigenvalue weighted by Crippen LogP contribution is -2.30. The molecule has 0 fully saturated rings. The van der Waals surface area contributed by atoms with Crippen LogP contribution < -0.4 is 0 Å². The molecular weight excluding hydrogens is 160 g/mol. The van der Waals surface area contributed by atoms with Gasteiger partial charge in [0.15, 0.2) is 0 Å². The molecule has 0 aromatic rings. The highest BCUT2D eigenvalue weighted by Gasteiger charge is 2.28. The molecule has 0 unspecified atom stereocenters. The van der Waals surface area contributed by atoms with Gasteiger partial charge < -0.3 is 9.80 Å². The second-order valence-corrected chi connectivity index (χ2v) is 4.20. The van der Waals surface area contributed by atoms with Crippen LogP contribution in [0.25, 0.3) is 0 Å². The molecule has 0 saturated heterocycles. The molecule has 74 valence electrons. The Morgan fingerprint density at radius 2 is 1.15 bits per heavy atom. The Kier molecular flexibility index (Phi) is 2.89. The zero-order valence-corrected chi connectivity index (χ0v) is 9.55. The predicted octanol–water partition coefficient (Wildman–Crippen LogP) is 2.67. The van der Waals surface area contributed by atoms with Gasteiger partial charge in [0.1, 0.15) is 0 Å². The Labute approximate surface area is 82.2 Å². The zero-order chi connectivity index (χ0) is 10.2. The number of allylic oxidation sites excluding steroid dienone is 2. The van der Waals surface area contributed by atoms with Crippen molar-refractivity contribution in [2.45, 2.75) is 53.6 Å². The molecule has 2 radical (unpaired) electrons. The Morgan fingerprint density at radius 3 is 1.31 bits per heavy atom. The van der Waals surface area contributed by atoms with Crippen molar-refractivity contribution in [3.05, 3.63) is 18.1 Å². The molecule has 13 heavy (non-hydrogen) atoms. The Balaban J connectivity index is 2.81. The van der Waals surface area contributed by atoms with Crippen LogP contribution >= 0.6 is 0 Å². The van der Waals surface area contributed by atoms with E-state index < -0.39 is 0 Å². The minimum Gasteiger partial charge on any atom is -0.341 e. The van der Waals surface area contributed by atoms with Crippen LogP contribution in [0.2, 0.25) is 0 Å². The molecule has 0 aromatic heterocycles. The fourth-order valence-corrected chi connectivity index (χ4v) is 1.62. The quantitative estimate of drug-likeness (QED) is 0.644. The molecule has 0 amide bonds. The molecule has 0 saturated carbocycles. The fraction of sp³-hybridized carbons (Fsp3) is 0.727. The summed E-state index contributed by atoms with van der Waals surface area (Å²) < 4.78 is 0. The summed E-state index contributed by atoms with van der Waals surface area (Å²) in [4.78, 5) is 4.41. The van der Waals surface area contributed by atoms with Gasteiger partial charge in [-0.2, -0.15) is 0 Å². The fourth-order valence-electron chi connectivity index (χ4n) is 1.62. The zero-order valence-electron chi connectivity index (χ0n) is 9.55. The van der Waals surface area contributed by atoms with Crippen LogP contribution in [-0.4, -0.2) is 21.9 Å². The lowest BCUT2D eigenvalue weighted by Gasteiger charge is -2.26. The first-order valence-electron chi connectivity index (χ1n) is 4.97. The molecule has 0 bridgehead atoms. The van der Waals surface area contributed by atoms with Crippen molar-refractivity contribution in [1.29, 1.82) is 0 Å². The van der Waals surface area contributed by atoms with Gasteiger partial charge in [0.25, 0.3) is 0 Å². The smallest absolute Gasteiger partial charge is 0.208 e. The SMILES string of the molecule is CC1=C(C)N(C(C)C)[C]N1C(C)C. The molecule has 0 N–H and O–H groups in total. The minimum absolute atomic E-state index is 0.499. The summed E-state index contributed by atoms with van der Waals surface area (Å²) in [6.07, 6.45) is 0. The van der Waals surface area contributed by atoms with E-state index >= 15 is 0 Å². The molecule has 0 spiro atoms. The first-order chi connectivity index (χ1) is 5.95. The molecule has 1 rings (SSSR count). The Hall–Kier alpha value is -0.660. The van der Waals surface area contributed by atoms with Gasteiger partial charge in [0.05, 0.1) is 0 Å². The van der Waals surface area contributed by atoms with Crippen LogP contribution in [0.15, 0.2) is 11.4 Å². The van der Waals surface area contributed by atoms with Crippen LogP contribution in [0, 0.1) is 6.67 Å². The first-order valence-corrected chi connectivity index (χ1v) is 4.97. The number of hydrogen-bond acceptors (Lipinski definition) is 2. The van der Waals surface area contributed by atoms with E-state index in [1.807, 2.05) is 0 Å². The maximum atomic E-state index is 3.38. The van der Waals surface area contributed by atoms with E-state index in [1.54, 1.807) is 0 Å². The van der Waals surface area contributed by atoms with E-state index in [-0.39, 0.29) is 0 Å². The average molecular weight is 180 g/mol. The monoisotopic (exact) mass is 180 g/mol. The molecule has 2 nitrogen and oxygen atoms in total. The van der Waals surface area contributed by atoms with E-state index in [2.05, 4.69) is 58.0 Å². The van der Waals surface area contributed by atoms with Gasteiger partial charge in [-0.15, -0.1) is 0 Å². The third kappa shape index (κ3) is 1.82. The average Bonchev–Trinajstić information content (AvgIpc) is 2.29. The molecule has 1 aliphatic rings. The number of hydrogen-bond donors (Lipinski definition) is 0. The molecule has 0 atom stereocenters. The predicted molar refractivity (Wildman–Crippen MR) is 55.6 cm³/mol. The summed E-state index contributed by atoms with van der Waals surface area (Å²) in [6.45, 7) is 16.4. The second-order valence-electron chi connectivity index (χ2n) is 4.20. The van der Waals surface area contributed by atoms with Crippen LogP contribution in [0.4, 0.5) is 0 Å². The third-order valence-corrected chi connectivity index (χ3v) is 2.49. The minimum atomic E-state index is 0.499. The van der Waals surface area contributed by atoms with Gasteiger partial charge in [-0.25, -0.2) is 0 Å². The van der Waals surface area contributed by atoms with Crippen molar-refractivity contribution < 1.29 is 0 Å². The first kappa shape index (κ1) is 10.4. The van der Waals surface area contributed by atoms with Crippen LogP contribution in [-0.2, 0) is 0 Å². The summed E-state index contributed by atoms with van der Waals surface area (Å²) in [6, 6.07) is 0.998. The van der Waals surface area contributed by atoms with Crippen molar-refractivity contribution in [3.63, 3.8) is 0 Å². The Morgan fingerprint density at radius 1 is 0.846 bits per heavy atom. The van der Waals surface area contributed by atoms with E-state index in [0.717, 1.165) is 0 Å². The second kappa shape index (κ2) is 3.60. The largest absolute Gasteiger partial charge is 0.341 e. The standard InChI is InChI=1S/C11H20N2/c1-8(2)12-7-13(9(3)4)11(6)10(12)5/h8-9H,1-6H3. The lowest BCUT2D eigenvalue weighted by molar-refractivity contribution is 0.256. The summed E-state index contributed by atoms with van der Waals surface area (Å²) in [5.74, 6) is 0. The topological polar surface area (TPSA) is 6.48 Å². The number of nitrogens with zero attached hydrogens (tertiary/aromatic N) is 2. The molecule has 2 heteroatoms. The Bertz CT molecular complexity index is 194. The van der Waals surface area contributed by atoms with E-state index in [4.69, 9.17) is 0 Å². The van der Waals surface area contributed by atoms with Crippen molar-refractivity contribution in [3.8, 4) is 0 Å². The van der Waals surface area contributed by atoms with Gasteiger partial charge in [-0.05, 0) is 41.5 Å². The van der Waals surface area contributed by atoms with Crippen LogP contribution in [0.3, 0.4) is 0 Å². The highest BCUT2D eigenvalue weighted by atomic mass is 15.4. The van der Waals surface area contributed by atoms with Gasteiger partial charge in [-0.1, -0.05) is 0 Å². The van der Waals surface area contributed by atoms with Crippen molar-refractivity contribution in [1.82, 2.24) is 9.80 Å². The van der Waals surface area contributed by atoms with Crippen LogP contribution in [0.1, 0.15) is 41.5 Å². The molecule has 1 heterocycles. The van der Waals surface area contributed by atoms with Gasteiger partial charge >= 0.3 is 0 Å². The third-order valence-electron chi connectivity index (χ3n) is 2.49. The van der Waals surface area contributed by atoms with Gasteiger partial charge in [-0.3, -0.25) is 0 Å². The maximum absolute atomic E-state index is 3.38. The summed E-state index contributed by atoms with van der Waals surface area (Å²) >= 11 is 0. The summed E-state index contributed by atoms with van der Waals surface area (Å²) in [5, 5.41) is 0. The van der Waals surface area contributed by atoms with Crippen molar-refractivity contribution in [2.24, 2.45) is 0 Å². The van der Waals surface area contributed by atoms with Gasteiger partial charge in [0, 0.05) is 23.5 Å². The highest BCUT2D eigenvalue weighted by Crippen LogP contribution is 2.29. The summed E-state index contributed by atoms with van der Waals surface area (Å²) in [5.41, 5.74) is 2.65. The highest BCUT2D eigenvalue weighted by molar-refractivity contribution is 5.18.